The molecule has 1 aliphatic heterocycles. The van der Waals surface area contributed by atoms with E-state index in [4.69, 9.17) is 9.47 Å². The van der Waals surface area contributed by atoms with Crippen LogP contribution in [0.5, 0.6) is 0 Å². The number of rotatable bonds is 7. The van der Waals surface area contributed by atoms with E-state index in [-0.39, 0.29) is 12.4 Å². The molecule has 0 N–H and O–H groups in total. The molecule has 5 heteroatoms. The van der Waals surface area contributed by atoms with Crippen molar-refractivity contribution in [3.05, 3.63) is 29.8 Å². The highest BCUT2D eigenvalue weighted by Gasteiger charge is 2.09. The summed E-state index contributed by atoms with van der Waals surface area (Å²) < 4.78 is 11.0. The van der Waals surface area contributed by atoms with Crippen molar-refractivity contribution in [3.63, 3.8) is 0 Å². The summed E-state index contributed by atoms with van der Waals surface area (Å²) in [5.74, 6) is 1.02. The lowest BCUT2D eigenvalue weighted by atomic mass is 10.2. The second-order valence-electron chi connectivity index (χ2n) is 4.73. The minimum atomic E-state index is 0. The molecule has 1 aromatic carbocycles. The lowest BCUT2D eigenvalue weighted by molar-refractivity contribution is 0.0221. The monoisotopic (exact) mass is 317 g/mol. The van der Waals surface area contributed by atoms with E-state index >= 15 is 0 Å². The van der Waals surface area contributed by atoms with E-state index < -0.39 is 0 Å². The van der Waals surface area contributed by atoms with Crippen LogP contribution in [0.15, 0.2) is 29.2 Å². The summed E-state index contributed by atoms with van der Waals surface area (Å²) in [5.41, 5.74) is 1.31. The van der Waals surface area contributed by atoms with Crippen LogP contribution < -0.4 is 0 Å². The van der Waals surface area contributed by atoms with E-state index in [9.17, 15) is 0 Å². The molecule has 0 saturated carbocycles. The zero-order chi connectivity index (χ0) is 13.3. The van der Waals surface area contributed by atoms with E-state index in [0.717, 1.165) is 51.8 Å². The van der Waals surface area contributed by atoms with Crippen molar-refractivity contribution in [2.45, 2.75) is 11.8 Å². The topological polar surface area (TPSA) is 21.7 Å². The second kappa shape index (κ2) is 10.5. The molecule has 0 aliphatic carbocycles. The quantitative estimate of drug-likeness (QED) is 0.569. The first-order chi connectivity index (χ1) is 9.34. The van der Waals surface area contributed by atoms with Gasteiger partial charge in [-0.15, -0.1) is 24.2 Å². The number of benzene rings is 1. The normalized spacial score (nSPS) is 15.8. The van der Waals surface area contributed by atoms with E-state index in [0.29, 0.717) is 0 Å². The molecule has 0 spiro atoms. The van der Waals surface area contributed by atoms with Gasteiger partial charge in [0.1, 0.15) is 0 Å². The van der Waals surface area contributed by atoms with Gasteiger partial charge in [0, 0.05) is 30.3 Å². The number of halogens is 1. The summed E-state index contributed by atoms with van der Waals surface area (Å²) in [4.78, 5) is 3.72. The minimum absolute atomic E-state index is 0. The smallest absolute Gasteiger partial charge is 0.0594 e. The summed E-state index contributed by atoms with van der Waals surface area (Å²) in [6.45, 7) is 8.61. The highest BCUT2D eigenvalue weighted by Crippen LogP contribution is 2.17. The fraction of sp³-hybridized carbons (Fsp3) is 0.600. The molecule has 1 aliphatic rings. The van der Waals surface area contributed by atoms with Gasteiger partial charge in [0.25, 0.3) is 0 Å². The van der Waals surface area contributed by atoms with Gasteiger partial charge in [-0.2, -0.15) is 0 Å². The molecule has 0 radical (unpaired) electrons. The van der Waals surface area contributed by atoms with Crippen LogP contribution in [0.4, 0.5) is 0 Å². The number of thioether (sulfide) groups is 1. The van der Waals surface area contributed by atoms with Crippen molar-refractivity contribution in [2.24, 2.45) is 0 Å². The van der Waals surface area contributed by atoms with Crippen LogP contribution in [0, 0.1) is 6.92 Å². The van der Waals surface area contributed by atoms with Gasteiger partial charge in [0.15, 0.2) is 0 Å². The van der Waals surface area contributed by atoms with Gasteiger partial charge in [-0.05, 0) is 19.1 Å². The number of nitrogens with zero attached hydrogens (tertiary/aromatic N) is 1. The zero-order valence-corrected chi connectivity index (χ0v) is 13.7. The summed E-state index contributed by atoms with van der Waals surface area (Å²) in [6, 6.07) is 8.66. The predicted molar refractivity (Wildman–Crippen MR) is 87.2 cm³/mol. The Hall–Kier alpha value is -0.260. The first kappa shape index (κ1) is 17.8. The molecular formula is C15H24ClNO2S. The van der Waals surface area contributed by atoms with Gasteiger partial charge >= 0.3 is 0 Å². The Morgan fingerprint density at radius 1 is 1.15 bits per heavy atom. The van der Waals surface area contributed by atoms with Crippen LogP contribution in [0.1, 0.15) is 5.56 Å². The molecule has 1 fully saturated rings. The number of morpholine rings is 1. The van der Waals surface area contributed by atoms with E-state index in [1.807, 2.05) is 11.8 Å². The third-order valence-electron chi connectivity index (χ3n) is 3.17. The van der Waals surface area contributed by atoms with Gasteiger partial charge in [-0.25, -0.2) is 0 Å². The largest absolute Gasteiger partial charge is 0.379 e. The van der Waals surface area contributed by atoms with E-state index in [1.165, 1.54) is 10.5 Å². The molecule has 20 heavy (non-hydrogen) atoms. The molecular weight excluding hydrogens is 294 g/mol. The number of ether oxygens (including phenoxy) is 2. The molecule has 0 aromatic heterocycles. The fourth-order valence-electron chi connectivity index (χ4n) is 1.97. The molecule has 1 heterocycles. The maximum Gasteiger partial charge on any atom is 0.0594 e. The van der Waals surface area contributed by atoms with Crippen LogP contribution in [-0.4, -0.2) is 56.7 Å². The lowest BCUT2D eigenvalue weighted by Crippen LogP contribution is -2.38. The first-order valence-electron chi connectivity index (χ1n) is 6.92. The first-order valence-corrected chi connectivity index (χ1v) is 7.90. The van der Waals surface area contributed by atoms with Gasteiger partial charge in [-0.3, -0.25) is 4.90 Å². The van der Waals surface area contributed by atoms with Crippen molar-refractivity contribution in [3.8, 4) is 0 Å². The van der Waals surface area contributed by atoms with Gasteiger partial charge < -0.3 is 9.47 Å². The molecule has 114 valence electrons. The maximum absolute atomic E-state index is 5.68. The minimum Gasteiger partial charge on any atom is -0.379 e. The van der Waals surface area contributed by atoms with Gasteiger partial charge in [0.2, 0.25) is 0 Å². The lowest BCUT2D eigenvalue weighted by Gasteiger charge is -2.26. The van der Waals surface area contributed by atoms with Crippen LogP contribution in [0.25, 0.3) is 0 Å². The predicted octanol–water partition coefficient (Wildman–Crippen LogP) is 2.86. The highest BCUT2D eigenvalue weighted by molar-refractivity contribution is 7.99. The Bertz CT molecular complexity index is 355. The second-order valence-corrected chi connectivity index (χ2v) is 5.90. The van der Waals surface area contributed by atoms with E-state index in [1.54, 1.807) is 0 Å². The van der Waals surface area contributed by atoms with Crippen molar-refractivity contribution in [1.82, 2.24) is 4.90 Å². The maximum atomic E-state index is 5.68. The highest BCUT2D eigenvalue weighted by atomic mass is 35.5. The third-order valence-corrected chi connectivity index (χ3v) is 4.15. The average Bonchev–Trinajstić information content (AvgIpc) is 2.46. The summed E-state index contributed by atoms with van der Waals surface area (Å²) >= 11 is 1.86. The molecule has 3 nitrogen and oxygen atoms in total. The van der Waals surface area contributed by atoms with Crippen LogP contribution in [0.2, 0.25) is 0 Å². The molecule has 2 rings (SSSR count). The average molecular weight is 318 g/mol. The Morgan fingerprint density at radius 2 is 1.85 bits per heavy atom. The molecule has 1 aromatic rings. The summed E-state index contributed by atoms with van der Waals surface area (Å²) in [6.07, 6.45) is 0. The Labute approximate surface area is 132 Å². The summed E-state index contributed by atoms with van der Waals surface area (Å²) in [5, 5.41) is 0. The fourth-order valence-corrected chi connectivity index (χ4v) is 2.74. The standard InChI is InChI=1S/C15H23NO2S.ClH/c1-14-2-4-15(5-3-14)19-13-12-18-11-8-16-6-9-17-10-7-16;/h2-5H,6-13H2,1H3;1H. The molecule has 0 atom stereocenters. The summed E-state index contributed by atoms with van der Waals surface area (Å²) in [7, 11) is 0. The Morgan fingerprint density at radius 3 is 2.55 bits per heavy atom. The Balaban J connectivity index is 0.00000200. The van der Waals surface area contributed by atoms with Crippen molar-refractivity contribution in [1.29, 1.82) is 0 Å². The SMILES string of the molecule is Cc1ccc(SCCOCCN2CCOCC2)cc1.Cl. The molecule has 0 amide bonds. The van der Waals surface area contributed by atoms with Crippen molar-refractivity contribution in [2.75, 3.05) is 51.8 Å². The molecule has 0 unspecified atom stereocenters. The number of aryl methyl sites for hydroxylation is 1. The van der Waals surface area contributed by atoms with Gasteiger partial charge in [0.05, 0.1) is 26.4 Å². The van der Waals surface area contributed by atoms with Crippen molar-refractivity contribution < 1.29 is 9.47 Å². The number of hydrogen-bond acceptors (Lipinski definition) is 4. The van der Waals surface area contributed by atoms with Crippen LogP contribution in [0.3, 0.4) is 0 Å². The van der Waals surface area contributed by atoms with Crippen molar-refractivity contribution >= 4 is 24.2 Å². The van der Waals surface area contributed by atoms with Crippen LogP contribution >= 0.6 is 24.2 Å². The number of hydrogen-bond donors (Lipinski definition) is 0. The zero-order valence-electron chi connectivity index (χ0n) is 12.0. The molecule has 0 bridgehead atoms. The third kappa shape index (κ3) is 6.95. The van der Waals surface area contributed by atoms with Crippen LogP contribution in [-0.2, 0) is 9.47 Å². The Kier molecular flexibility index (Phi) is 9.31. The van der Waals surface area contributed by atoms with E-state index in [2.05, 4.69) is 36.1 Å². The van der Waals surface area contributed by atoms with Gasteiger partial charge in [-0.1, -0.05) is 17.7 Å². The molecule has 1 saturated heterocycles.